The molecule has 2 nitrogen and oxygen atoms in total. The number of piperazine rings is 1. The van der Waals surface area contributed by atoms with Crippen molar-refractivity contribution in [1.82, 2.24) is 10.2 Å². The standard InChI is InChI=1S/C12H25FN2/c1-5-12(4)10-15(8-6-7-13)11(2,3)9-14-12/h14H,5-10H2,1-4H3. The molecule has 15 heavy (non-hydrogen) atoms. The Balaban J connectivity index is 2.62. The van der Waals surface area contributed by atoms with Crippen molar-refractivity contribution in [3.63, 3.8) is 0 Å². The molecule has 0 amide bonds. The number of rotatable bonds is 4. The van der Waals surface area contributed by atoms with Crippen LogP contribution in [0.5, 0.6) is 0 Å². The summed E-state index contributed by atoms with van der Waals surface area (Å²) in [4.78, 5) is 2.42. The Labute approximate surface area is 93.2 Å². The third-order valence-corrected chi connectivity index (χ3v) is 3.69. The van der Waals surface area contributed by atoms with Gasteiger partial charge in [-0.05, 0) is 33.6 Å². The maximum absolute atomic E-state index is 12.2. The van der Waals surface area contributed by atoms with Crippen molar-refractivity contribution < 1.29 is 4.39 Å². The highest BCUT2D eigenvalue weighted by Crippen LogP contribution is 2.25. The number of hydrogen-bond donors (Lipinski definition) is 1. The minimum Gasteiger partial charge on any atom is -0.308 e. The molecule has 1 aliphatic heterocycles. The van der Waals surface area contributed by atoms with Crippen molar-refractivity contribution in [2.45, 2.75) is 51.6 Å². The minimum absolute atomic E-state index is 0.157. The first-order valence-corrected chi connectivity index (χ1v) is 5.99. The van der Waals surface area contributed by atoms with Gasteiger partial charge in [0.15, 0.2) is 0 Å². The quantitative estimate of drug-likeness (QED) is 0.775. The smallest absolute Gasteiger partial charge is 0.0906 e. The topological polar surface area (TPSA) is 15.3 Å². The monoisotopic (exact) mass is 216 g/mol. The number of alkyl halides is 1. The van der Waals surface area contributed by atoms with Crippen LogP contribution in [0.2, 0.25) is 0 Å². The molecular weight excluding hydrogens is 191 g/mol. The van der Waals surface area contributed by atoms with Crippen molar-refractivity contribution in [3.05, 3.63) is 0 Å². The molecule has 0 aromatic heterocycles. The van der Waals surface area contributed by atoms with E-state index in [0.717, 1.165) is 26.1 Å². The lowest BCUT2D eigenvalue weighted by Crippen LogP contribution is -2.67. The molecule has 1 unspecified atom stereocenters. The van der Waals surface area contributed by atoms with E-state index in [2.05, 4.69) is 37.9 Å². The molecule has 1 atom stereocenters. The molecule has 1 fully saturated rings. The van der Waals surface area contributed by atoms with Gasteiger partial charge in [-0.25, -0.2) is 0 Å². The summed E-state index contributed by atoms with van der Waals surface area (Å²) in [6, 6.07) is 0. The van der Waals surface area contributed by atoms with E-state index in [1.54, 1.807) is 0 Å². The van der Waals surface area contributed by atoms with Crippen LogP contribution in [0.25, 0.3) is 0 Å². The van der Waals surface area contributed by atoms with E-state index >= 15 is 0 Å². The van der Waals surface area contributed by atoms with Crippen molar-refractivity contribution in [2.75, 3.05) is 26.3 Å². The fourth-order valence-electron chi connectivity index (χ4n) is 2.10. The third kappa shape index (κ3) is 3.15. The van der Waals surface area contributed by atoms with E-state index in [1.165, 1.54) is 0 Å². The van der Waals surface area contributed by atoms with Gasteiger partial charge in [-0.2, -0.15) is 0 Å². The second kappa shape index (κ2) is 4.79. The number of halogens is 1. The summed E-state index contributed by atoms with van der Waals surface area (Å²) in [7, 11) is 0. The van der Waals surface area contributed by atoms with Crippen LogP contribution in [0.15, 0.2) is 0 Å². The molecule has 0 aromatic rings. The summed E-state index contributed by atoms with van der Waals surface area (Å²) in [6.45, 7) is 11.6. The van der Waals surface area contributed by atoms with Gasteiger partial charge >= 0.3 is 0 Å². The SMILES string of the molecule is CCC1(C)CN(CCCF)C(C)(C)CN1. The number of nitrogens with zero attached hydrogens (tertiary/aromatic N) is 1. The molecule has 1 heterocycles. The Hall–Kier alpha value is -0.150. The zero-order valence-corrected chi connectivity index (χ0v) is 10.6. The van der Waals surface area contributed by atoms with Gasteiger partial charge in [0.1, 0.15) is 0 Å². The van der Waals surface area contributed by atoms with Gasteiger partial charge in [-0.1, -0.05) is 6.92 Å². The average Bonchev–Trinajstić information content (AvgIpc) is 2.20. The van der Waals surface area contributed by atoms with Gasteiger partial charge in [0.2, 0.25) is 0 Å². The highest BCUT2D eigenvalue weighted by atomic mass is 19.1. The molecular formula is C12H25FN2. The molecule has 1 aliphatic rings. The van der Waals surface area contributed by atoms with Crippen LogP contribution in [0.4, 0.5) is 4.39 Å². The molecule has 1 rings (SSSR count). The lowest BCUT2D eigenvalue weighted by Gasteiger charge is -2.50. The van der Waals surface area contributed by atoms with Crippen LogP contribution in [-0.4, -0.2) is 42.3 Å². The molecule has 0 radical (unpaired) electrons. The molecule has 90 valence electrons. The second-order valence-corrected chi connectivity index (χ2v) is 5.54. The van der Waals surface area contributed by atoms with Gasteiger partial charge in [0.05, 0.1) is 6.67 Å². The minimum atomic E-state index is -0.206. The van der Waals surface area contributed by atoms with Crippen molar-refractivity contribution >= 4 is 0 Å². The van der Waals surface area contributed by atoms with Crippen LogP contribution >= 0.6 is 0 Å². The van der Waals surface area contributed by atoms with E-state index < -0.39 is 0 Å². The van der Waals surface area contributed by atoms with Gasteiger partial charge in [-0.3, -0.25) is 9.29 Å². The summed E-state index contributed by atoms with van der Waals surface area (Å²) in [5.74, 6) is 0. The Morgan fingerprint density at radius 1 is 1.33 bits per heavy atom. The normalized spacial score (nSPS) is 31.8. The van der Waals surface area contributed by atoms with Crippen LogP contribution in [0.3, 0.4) is 0 Å². The van der Waals surface area contributed by atoms with E-state index in [1.807, 2.05) is 0 Å². The van der Waals surface area contributed by atoms with E-state index in [0.29, 0.717) is 6.42 Å². The molecule has 0 aromatic carbocycles. The van der Waals surface area contributed by atoms with Crippen molar-refractivity contribution in [3.8, 4) is 0 Å². The van der Waals surface area contributed by atoms with Crippen LogP contribution in [-0.2, 0) is 0 Å². The molecule has 0 aliphatic carbocycles. The van der Waals surface area contributed by atoms with Crippen LogP contribution in [0, 0.1) is 0 Å². The fraction of sp³-hybridized carbons (Fsp3) is 1.00. The summed E-state index contributed by atoms with van der Waals surface area (Å²) < 4.78 is 12.2. The first-order valence-electron chi connectivity index (χ1n) is 5.99. The zero-order chi connectivity index (χ0) is 11.5. The third-order valence-electron chi connectivity index (χ3n) is 3.69. The van der Waals surface area contributed by atoms with E-state index in [4.69, 9.17) is 0 Å². The van der Waals surface area contributed by atoms with Gasteiger partial charge in [0, 0.05) is 30.7 Å². The second-order valence-electron chi connectivity index (χ2n) is 5.54. The van der Waals surface area contributed by atoms with E-state index in [-0.39, 0.29) is 17.8 Å². The molecule has 1 N–H and O–H groups in total. The predicted molar refractivity (Wildman–Crippen MR) is 62.9 cm³/mol. The van der Waals surface area contributed by atoms with Crippen LogP contribution in [0.1, 0.15) is 40.5 Å². The number of hydrogen-bond acceptors (Lipinski definition) is 2. The van der Waals surface area contributed by atoms with E-state index in [9.17, 15) is 4.39 Å². The molecule has 0 bridgehead atoms. The zero-order valence-electron chi connectivity index (χ0n) is 10.6. The average molecular weight is 216 g/mol. The van der Waals surface area contributed by atoms with Gasteiger partial charge < -0.3 is 5.32 Å². The van der Waals surface area contributed by atoms with Crippen LogP contribution < -0.4 is 5.32 Å². The van der Waals surface area contributed by atoms with Crippen molar-refractivity contribution in [1.29, 1.82) is 0 Å². The van der Waals surface area contributed by atoms with Crippen molar-refractivity contribution in [2.24, 2.45) is 0 Å². The lowest BCUT2D eigenvalue weighted by atomic mass is 9.88. The molecule has 3 heteroatoms. The predicted octanol–water partition coefficient (Wildman–Crippen LogP) is 2.20. The molecule has 0 spiro atoms. The Kier molecular flexibility index (Phi) is 4.13. The Morgan fingerprint density at radius 2 is 2.00 bits per heavy atom. The summed E-state index contributed by atoms with van der Waals surface area (Å²) in [5.41, 5.74) is 0.357. The first-order chi connectivity index (χ1) is 6.93. The highest BCUT2D eigenvalue weighted by Gasteiger charge is 2.38. The number of nitrogens with one attached hydrogen (secondary N) is 1. The summed E-state index contributed by atoms with van der Waals surface area (Å²) >= 11 is 0. The fourth-order valence-corrected chi connectivity index (χ4v) is 2.10. The maximum Gasteiger partial charge on any atom is 0.0906 e. The first kappa shape index (κ1) is 12.9. The molecule has 1 saturated heterocycles. The Morgan fingerprint density at radius 3 is 2.53 bits per heavy atom. The Bertz CT molecular complexity index is 206. The highest BCUT2D eigenvalue weighted by molar-refractivity contribution is 4.98. The molecule has 0 saturated carbocycles. The van der Waals surface area contributed by atoms with Gasteiger partial charge in [0.25, 0.3) is 0 Å². The van der Waals surface area contributed by atoms with Gasteiger partial charge in [-0.15, -0.1) is 0 Å². The maximum atomic E-state index is 12.2. The lowest BCUT2D eigenvalue weighted by molar-refractivity contribution is 0.0292. The summed E-state index contributed by atoms with van der Waals surface area (Å²) in [5, 5.41) is 3.61. The summed E-state index contributed by atoms with van der Waals surface area (Å²) in [6.07, 6.45) is 1.78. The largest absolute Gasteiger partial charge is 0.308 e.